The SMILES string of the molecule is c1ccc(-c2nc(-c3ccccc3-c3ccccc3)nc(-n3c4ccccc4c4ccc(-c5cccc6c5-c5ccccc5C65c6ccccc6-c6ccccc65)cc43)n2)cc1. The van der Waals surface area contributed by atoms with Crippen LogP contribution in [0, 0.1) is 0 Å². The third kappa shape index (κ3) is 4.86. The fourth-order valence-electron chi connectivity index (χ4n) is 10.6. The first kappa shape index (κ1) is 34.6. The summed E-state index contributed by atoms with van der Waals surface area (Å²) in [5.41, 5.74) is 18.5. The van der Waals surface area contributed by atoms with Crippen molar-refractivity contribution in [3.8, 4) is 73.2 Å². The highest BCUT2D eigenvalue weighted by Gasteiger charge is 2.52. The summed E-state index contributed by atoms with van der Waals surface area (Å²) in [6.45, 7) is 0. The Morgan fingerprint density at radius 3 is 1.55 bits per heavy atom. The van der Waals surface area contributed by atoms with Crippen LogP contribution < -0.4 is 0 Å². The summed E-state index contributed by atoms with van der Waals surface area (Å²) >= 11 is 0. The average Bonchev–Trinajstić information content (AvgIpc) is 3.96. The maximum Gasteiger partial charge on any atom is 0.238 e. The summed E-state index contributed by atoms with van der Waals surface area (Å²) in [7, 11) is 0. The first-order valence-electron chi connectivity index (χ1n) is 21.2. The lowest BCUT2D eigenvalue weighted by atomic mass is 9.70. The maximum atomic E-state index is 5.38. The van der Waals surface area contributed by atoms with E-state index in [1.165, 1.54) is 50.1 Å². The van der Waals surface area contributed by atoms with Crippen LogP contribution >= 0.6 is 0 Å². The van der Waals surface area contributed by atoms with Gasteiger partial charge in [0.25, 0.3) is 0 Å². The topological polar surface area (TPSA) is 43.6 Å². The zero-order chi connectivity index (χ0) is 40.8. The highest BCUT2D eigenvalue weighted by Crippen LogP contribution is 2.64. The summed E-state index contributed by atoms with van der Waals surface area (Å²) in [6.07, 6.45) is 0. The molecule has 11 aromatic rings. The molecule has 0 fully saturated rings. The van der Waals surface area contributed by atoms with Gasteiger partial charge >= 0.3 is 0 Å². The smallest absolute Gasteiger partial charge is 0.238 e. The van der Waals surface area contributed by atoms with Crippen LogP contribution in [0.4, 0.5) is 0 Å². The molecule has 0 bridgehead atoms. The molecule has 0 aliphatic heterocycles. The van der Waals surface area contributed by atoms with Crippen LogP contribution in [0.1, 0.15) is 22.3 Å². The first-order valence-corrected chi connectivity index (χ1v) is 21.2. The van der Waals surface area contributed by atoms with Gasteiger partial charge in [0.1, 0.15) is 0 Å². The Hall–Kier alpha value is -8.21. The van der Waals surface area contributed by atoms with Gasteiger partial charge in [-0.2, -0.15) is 9.97 Å². The molecule has 0 saturated carbocycles. The number of aromatic nitrogens is 4. The quantitative estimate of drug-likeness (QED) is 0.174. The van der Waals surface area contributed by atoms with Gasteiger partial charge in [-0.3, -0.25) is 4.57 Å². The number of rotatable bonds is 5. The summed E-state index contributed by atoms with van der Waals surface area (Å²) in [6, 6.07) is 78.5. The molecule has 0 saturated heterocycles. The van der Waals surface area contributed by atoms with Gasteiger partial charge in [0.2, 0.25) is 5.95 Å². The molecule has 1 spiro atoms. The van der Waals surface area contributed by atoms with Gasteiger partial charge < -0.3 is 0 Å². The number of nitrogens with zero attached hydrogens (tertiary/aromatic N) is 4. The molecule has 0 amide bonds. The van der Waals surface area contributed by atoms with Crippen LogP contribution in [0.25, 0.3) is 95.0 Å². The van der Waals surface area contributed by atoms with E-state index in [-0.39, 0.29) is 0 Å². The first-order chi connectivity index (χ1) is 30.8. The van der Waals surface area contributed by atoms with Crippen molar-refractivity contribution < 1.29 is 0 Å². The lowest BCUT2D eigenvalue weighted by molar-refractivity contribution is 0.794. The van der Waals surface area contributed by atoms with E-state index in [1.54, 1.807) is 0 Å². The number of hydrogen-bond donors (Lipinski definition) is 0. The van der Waals surface area contributed by atoms with Crippen molar-refractivity contribution in [2.45, 2.75) is 5.41 Å². The Bertz CT molecular complexity index is 3540. The van der Waals surface area contributed by atoms with Crippen LogP contribution in [0.3, 0.4) is 0 Å². The van der Waals surface area contributed by atoms with Gasteiger partial charge in [-0.15, -0.1) is 0 Å². The molecule has 0 N–H and O–H groups in total. The van der Waals surface area contributed by atoms with Gasteiger partial charge in [-0.25, -0.2) is 4.98 Å². The van der Waals surface area contributed by atoms with Crippen LogP contribution in [-0.2, 0) is 5.41 Å². The number of benzene rings is 9. The fraction of sp³-hybridized carbons (Fsp3) is 0.0172. The molecule has 0 atom stereocenters. The van der Waals surface area contributed by atoms with Crippen LogP contribution in [-0.4, -0.2) is 19.5 Å². The van der Waals surface area contributed by atoms with Gasteiger partial charge in [0.15, 0.2) is 11.6 Å². The van der Waals surface area contributed by atoms with Crippen molar-refractivity contribution >= 4 is 21.8 Å². The predicted octanol–water partition coefficient (Wildman–Crippen LogP) is 14.0. The second-order valence-electron chi connectivity index (χ2n) is 16.3. The summed E-state index contributed by atoms with van der Waals surface area (Å²) < 4.78 is 2.24. The standard InChI is InChI=1S/C58H36N4/c1-3-18-37(19-4-1)40-22-7-8-26-46(40)56-59-55(38-20-5-2-6-21-38)60-57(61-56)62-52-33-16-12-25-44(52)45-35-34-39(36-53(45)62)41-28-17-32-51-54(41)47-27-11-15-31-50(47)58(51)48-29-13-9-23-42(48)43-24-10-14-30-49(43)58/h1-36H. The number of para-hydroxylation sites is 1. The third-order valence-electron chi connectivity index (χ3n) is 13.1. The predicted molar refractivity (Wildman–Crippen MR) is 252 cm³/mol. The average molecular weight is 789 g/mol. The molecule has 288 valence electrons. The minimum atomic E-state index is -0.417. The van der Waals surface area contributed by atoms with E-state index in [9.17, 15) is 0 Å². The monoisotopic (exact) mass is 788 g/mol. The normalized spacial score (nSPS) is 13.0. The second kappa shape index (κ2) is 13.4. The van der Waals surface area contributed by atoms with Crippen molar-refractivity contribution in [2.75, 3.05) is 0 Å². The minimum absolute atomic E-state index is 0.417. The Morgan fingerprint density at radius 1 is 0.306 bits per heavy atom. The van der Waals surface area contributed by atoms with Crippen LogP contribution in [0.15, 0.2) is 218 Å². The second-order valence-corrected chi connectivity index (χ2v) is 16.3. The molecule has 4 heteroatoms. The van der Waals surface area contributed by atoms with Crippen LogP contribution in [0.2, 0.25) is 0 Å². The molecule has 0 unspecified atom stereocenters. The largest absolute Gasteiger partial charge is 0.278 e. The van der Waals surface area contributed by atoms with Gasteiger partial charge in [-0.1, -0.05) is 206 Å². The van der Waals surface area contributed by atoms with Crippen molar-refractivity contribution in [1.82, 2.24) is 19.5 Å². The van der Waals surface area contributed by atoms with Gasteiger partial charge in [0.05, 0.1) is 16.4 Å². The Labute approximate surface area is 359 Å². The van der Waals surface area contributed by atoms with Gasteiger partial charge in [-0.05, 0) is 78.9 Å². The highest BCUT2D eigenvalue weighted by atomic mass is 15.2. The van der Waals surface area contributed by atoms with E-state index in [2.05, 4.69) is 199 Å². The molecule has 2 aliphatic rings. The van der Waals surface area contributed by atoms with E-state index in [4.69, 9.17) is 15.0 Å². The van der Waals surface area contributed by atoms with Crippen molar-refractivity contribution in [1.29, 1.82) is 0 Å². The van der Waals surface area contributed by atoms with Crippen molar-refractivity contribution in [2.24, 2.45) is 0 Å². The molecule has 0 radical (unpaired) electrons. The summed E-state index contributed by atoms with van der Waals surface area (Å²) in [5, 5.41) is 2.28. The van der Waals surface area contributed by atoms with E-state index < -0.39 is 5.41 Å². The molecule has 2 heterocycles. The Kier molecular flexibility index (Phi) is 7.49. The lowest BCUT2D eigenvalue weighted by Crippen LogP contribution is -2.25. The van der Waals surface area contributed by atoms with Gasteiger partial charge in [0, 0.05) is 21.9 Å². The zero-order valence-corrected chi connectivity index (χ0v) is 33.6. The molecular weight excluding hydrogens is 753 g/mol. The van der Waals surface area contributed by atoms with E-state index in [0.29, 0.717) is 17.6 Å². The lowest BCUT2D eigenvalue weighted by Gasteiger charge is -2.30. The van der Waals surface area contributed by atoms with Crippen LogP contribution in [0.5, 0.6) is 0 Å². The third-order valence-corrected chi connectivity index (χ3v) is 13.1. The number of fused-ring (bicyclic) bond motifs is 13. The molecule has 4 nitrogen and oxygen atoms in total. The highest BCUT2D eigenvalue weighted by molar-refractivity contribution is 6.11. The Balaban J connectivity index is 1.07. The summed E-state index contributed by atoms with van der Waals surface area (Å²) in [5.74, 6) is 1.81. The molecule has 62 heavy (non-hydrogen) atoms. The van der Waals surface area contributed by atoms with E-state index in [0.717, 1.165) is 49.6 Å². The van der Waals surface area contributed by atoms with Crippen molar-refractivity contribution in [3.63, 3.8) is 0 Å². The minimum Gasteiger partial charge on any atom is -0.278 e. The molecule has 2 aromatic heterocycles. The maximum absolute atomic E-state index is 5.38. The molecule has 9 aromatic carbocycles. The fourth-order valence-corrected chi connectivity index (χ4v) is 10.6. The number of hydrogen-bond acceptors (Lipinski definition) is 3. The van der Waals surface area contributed by atoms with E-state index >= 15 is 0 Å². The van der Waals surface area contributed by atoms with Crippen molar-refractivity contribution in [3.05, 3.63) is 241 Å². The molecular formula is C58H36N4. The molecule has 13 rings (SSSR count). The Morgan fingerprint density at radius 2 is 0.823 bits per heavy atom. The summed E-state index contributed by atoms with van der Waals surface area (Å²) in [4.78, 5) is 15.9. The molecule has 2 aliphatic carbocycles. The van der Waals surface area contributed by atoms with E-state index in [1.807, 2.05) is 24.3 Å². The zero-order valence-electron chi connectivity index (χ0n) is 33.6.